The van der Waals surface area contributed by atoms with Gasteiger partial charge in [0.25, 0.3) is 0 Å². The molecule has 0 bridgehead atoms. The van der Waals surface area contributed by atoms with Crippen molar-refractivity contribution in [2.24, 2.45) is 11.8 Å². The van der Waals surface area contributed by atoms with Crippen LogP contribution in [0.1, 0.15) is 33.6 Å². The number of carbonyl (C=O) groups is 2. The van der Waals surface area contributed by atoms with Gasteiger partial charge in [-0.1, -0.05) is 0 Å². The van der Waals surface area contributed by atoms with Crippen molar-refractivity contribution in [3.8, 4) is 0 Å². The van der Waals surface area contributed by atoms with Gasteiger partial charge in [-0.05, 0) is 27.2 Å². The molecule has 0 unspecified atom stereocenters. The Morgan fingerprint density at radius 3 is 2.75 bits per heavy atom. The Hall–Kier alpha value is -0.900. The summed E-state index contributed by atoms with van der Waals surface area (Å²) in [5, 5.41) is 3.24. The van der Waals surface area contributed by atoms with Crippen LogP contribution in [-0.4, -0.2) is 29.9 Å². The van der Waals surface area contributed by atoms with Gasteiger partial charge in [0.15, 0.2) is 0 Å². The lowest BCUT2D eigenvalue weighted by atomic mass is 9.65. The van der Waals surface area contributed by atoms with Gasteiger partial charge in [-0.2, -0.15) is 0 Å². The fourth-order valence-electron chi connectivity index (χ4n) is 2.44. The molecular weight excluding hydrogens is 206 g/mol. The van der Waals surface area contributed by atoms with Gasteiger partial charge in [0, 0.05) is 24.9 Å². The van der Waals surface area contributed by atoms with Gasteiger partial charge in [0.05, 0.1) is 5.92 Å². The molecule has 0 amide bonds. The average Bonchev–Trinajstić information content (AvgIpc) is 2.05. The molecule has 1 heterocycles. The van der Waals surface area contributed by atoms with E-state index in [1.165, 1.54) is 0 Å². The molecule has 1 aliphatic carbocycles. The fourth-order valence-corrected chi connectivity index (χ4v) is 2.44. The topological polar surface area (TPSA) is 55.4 Å². The molecule has 16 heavy (non-hydrogen) atoms. The van der Waals surface area contributed by atoms with Crippen molar-refractivity contribution in [2.75, 3.05) is 6.54 Å². The Labute approximate surface area is 95.7 Å². The maximum atomic E-state index is 11.8. The highest BCUT2D eigenvalue weighted by atomic mass is 16.6. The van der Waals surface area contributed by atoms with E-state index in [0.717, 1.165) is 0 Å². The molecule has 4 heteroatoms. The Kier molecular flexibility index (Phi) is 2.78. The van der Waals surface area contributed by atoms with Crippen molar-refractivity contribution in [3.05, 3.63) is 0 Å². The maximum Gasteiger partial charge on any atom is 0.311 e. The third-order valence-corrected chi connectivity index (χ3v) is 3.25. The van der Waals surface area contributed by atoms with Crippen LogP contribution in [0.4, 0.5) is 0 Å². The van der Waals surface area contributed by atoms with E-state index in [2.05, 4.69) is 5.32 Å². The van der Waals surface area contributed by atoms with Crippen LogP contribution in [0, 0.1) is 11.8 Å². The molecule has 4 nitrogen and oxygen atoms in total. The van der Waals surface area contributed by atoms with E-state index >= 15 is 0 Å². The van der Waals surface area contributed by atoms with Crippen LogP contribution in [-0.2, 0) is 14.3 Å². The van der Waals surface area contributed by atoms with Crippen LogP contribution in [0.2, 0.25) is 0 Å². The monoisotopic (exact) mass is 225 g/mol. The smallest absolute Gasteiger partial charge is 0.311 e. The van der Waals surface area contributed by atoms with Crippen molar-refractivity contribution < 1.29 is 14.3 Å². The number of nitrogens with one attached hydrogen (secondary N) is 1. The summed E-state index contributed by atoms with van der Waals surface area (Å²) in [7, 11) is 0. The van der Waals surface area contributed by atoms with Gasteiger partial charge in [0.2, 0.25) is 0 Å². The van der Waals surface area contributed by atoms with Crippen LogP contribution in [0.25, 0.3) is 0 Å². The normalized spacial score (nSPS) is 33.9. The number of Topliss-reactive ketones (excluding diaryl/α,β-unsaturated/α-hetero) is 1. The predicted octanol–water partition coefficient (Wildman–Crippen LogP) is 0.895. The summed E-state index contributed by atoms with van der Waals surface area (Å²) in [6, 6.07) is 0.0242. The number of piperidine rings is 1. The molecule has 0 aromatic rings. The van der Waals surface area contributed by atoms with E-state index in [1.54, 1.807) is 0 Å². The molecule has 0 aromatic heterocycles. The zero-order valence-electron chi connectivity index (χ0n) is 10.1. The zero-order chi connectivity index (χ0) is 11.9. The molecule has 2 fully saturated rings. The number of hydrogen-bond donors (Lipinski definition) is 1. The molecule has 0 aromatic carbocycles. The van der Waals surface area contributed by atoms with E-state index in [0.29, 0.717) is 25.2 Å². The van der Waals surface area contributed by atoms with Crippen molar-refractivity contribution >= 4 is 11.8 Å². The number of fused-ring (bicyclic) bond motifs is 1. The third kappa shape index (κ3) is 2.12. The first kappa shape index (κ1) is 11.6. The largest absolute Gasteiger partial charge is 0.460 e. The summed E-state index contributed by atoms with van der Waals surface area (Å²) in [5.41, 5.74) is -0.444. The van der Waals surface area contributed by atoms with Gasteiger partial charge >= 0.3 is 5.97 Å². The highest BCUT2D eigenvalue weighted by Crippen LogP contribution is 2.39. The molecule has 2 aliphatic rings. The first-order chi connectivity index (χ1) is 7.38. The van der Waals surface area contributed by atoms with Crippen molar-refractivity contribution in [2.45, 2.75) is 45.3 Å². The maximum absolute atomic E-state index is 11.8. The molecule has 1 saturated heterocycles. The number of ether oxygens (including phenoxy) is 1. The molecule has 1 saturated carbocycles. The van der Waals surface area contributed by atoms with E-state index in [9.17, 15) is 9.59 Å². The summed E-state index contributed by atoms with van der Waals surface area (Å²) < 4.78 is 5.34. The highest BCUT2D eigenvalue weighted by molar-refractivity contribution is 5.87. The van der Waals surface area contributed by atoms with Crippen molar-refractivity contribution in [3.63, 3.8) is 0 Å². The van der Waals surface area contributed by atoms with Gasteiger partial charge in [-0.3, -0.25) is 9.59 Å². The second kappa shape index (κ2) is 3.84. The second-order valence-electron chi connectivity index (χ2n) is 5.68. The van der Waals surface area contributed by atoms with Crippen molar-refractivity contribution in [1.82, 2.24) is 5.32 Å². The summed E-state index contributed by atoms with van der Waals surface area (Å²) in [5.74, 6) is 0.0410. The minimum atomic E-state index is -0.444. The van der Waals surface area contributed by atoms with Crippen molar-refractivity contribution in [1.29, 1.82) is 0 Å². The summed E-state index contributed by atoms with van der Waals surface area (Å²) in [4.78, 5) is 23.3. The number of hydrogen-bond acceptors (Lipinski definition) is 4. The number of esters is 1. The molecule has 0 radical (unpaired) electrons. The average molecular weight is 225 g/mol. The van der Waals surface area contributed by atoms with Gasteiger partial charge in [-0.25, -0.2) is 0 Å². The van der Waals surface area contributed by atoms with E-state index in [1.807, 2.05) is 20.8 Å². The number of rotatable bonds is 1. The quantitative estimate of drug-likeness (QED) is 0.673. The van der Waals surface area contributed by atoms with E-state index < -0.39 is 5.60 Å². The molecule has 0 spiro atoms. The molecule has 1 aliphatic heterocycles. The predicted molar refractivity (Wildman–Crippen MR) is 58.9 cm³/mol. The second-order valence-corrected chi connectivity index (χ2v) is 5.68. The van der Waals surface area contributed by atoms with Gasteiger partial charge in [-0.15, -0.1) is 0 Å². The highest BCUT2D eigenvalue weighted by Gasteiger charge is 2.51. The van der Waals surface area contributed by atoms with Crippen LogP contribution in [0.3, 0.4) is 0 Å². The Bertz CT molecular complexity index is 319. The molecule has 3 atom stereocenters. The molecule has 2 rings (SSSR count). The minimum absolute atomic E-state index is 0.0242. The summed E-state index contributed by atoms with van der Waals surface area (Å²) in [6.07, 6.45) is 1.26. The number of ketones is 1. The Morgan fingerprint density at radius 1 is 1.44 bits per heavy atom. The van der Waals surface area contributed by atoms with Crippen LogP contribution >= 0.6 is 0 Å². The van der Waals surface area contributed by atoms with Crippen LogP contribution in [0.15, 0.2) is 0 Å². The Balaban J connectivity index is 1.94. The zero-order valence-corrected chi connectivity index (χ0v) is 10.1. The fraction of sp³-hybridized carbons (Fsp3) is 0.833. The van der Waals surface area contributed by atoms with E-state index in [4.69, 9.17) is 4.74 Å². The third-order valence-electron chi connectivity index (χ3n) is 3.25. The number of carbonyl (C=O) groups excluding carboxylic acids is 2. The molecule has 1 N–H and O–H groups in total. The van der Waals surface area contributed by atoms with Crippen LogP contribution in [0.5, 0.6) is 0 Å². The first-order valence-electron chi connectivity index (χ1n) is 5.87. The van der Waals surface area contributed by atoms with Gasteiger partial charge in [0.1, 0.15) is 11.4 Å². The first-order valence-corrected chi connectivity index (χ1v) is 5.87. The van der Waals surface area contributed by atoms with Crippen LogP contribution < -0.4 is 5.32 Å². The SMILES string of the molecule is CC(C)(C)OC(=O)[C@@H]1C[C@H]2C(=O)CCN[C@H]21. The summed E-state index contributed by atoms with van der Waals surface area (Å²) >= 11 is 0. The Morgan fingerprint density at radius 2 is 2.12 bits per heavy atom. The molecular formula is C12H19NO3. The molecule has 90 valence electrons. The van der Waals surface area contributed by atoms with E-state index in [-0.39, 0.29) is 23.8 Å². The lowest BCUT2D eigenvalue weighted by Gasteiger charge is -2.46. The lowest BCUT2D eigenvalue weighted by molar-refractivity contribution is -0.168. The minimum Gasteiger partial charge on any atom is -0.460 e. The lowest BCUT2D eigenvalue weighted by Crippen LogP contribution is -2.61. The van der Waals surface area contributed by atoms with Gasteiger partial charge < -0.3 is 10.1 Å². The standard InChI is InChI=1S/C12H19NO3/c1-12(2,3)16-11(15)8-6-7-9(14)4-5-13-10(7)8/h7-8,10,13H,4-6H2,1-3H3/t7-,8+,10+/m0/s1. The summed E-state index contributed by atoms with van der Waals surface area (Å²) in [6.45, 7) is 6.28.